The Morgan fingerprint density at radius 2 is 2.00 bits per heavy atom. The van der Waals surface area contributed by atoms with E-state index in [1.54, 1.807) is 10.9 Å². The average molecular weight is 326 g/mol. The highest BCUT2D eigenvalue weighted by atomic mass is 16.7. The number of allylic oxidation sites excluding steroid dienone is 1. The predicted octanol–water partition coefficient (Wildman–Crippen LogP) is 1.72. The zero-order valence-electron chi connectivity index (χ0n) is 15.0. The highest BCUT2D eigenvalue weighted by Gasteiger charge is 2.20. The lowest BCUT2D eigenvalue weighted by Gasteiger charge is -2.27. The molecule has 23 heavy (non-hydrogen) atoms. The molecule has 0 aromatic carbocycles. The normalized spacial score (nSPS) is 13.2. The first-order valence-electron chi connectivity index (χ1n) is 7.78. The molecule has 132 valence electrons. The van der Waals surface area contributed by atoms with E-state index >= 15 is 0 Å². The molecule has 0 amide bonds. The first-order chi connectivity index (χ1) is 10.6. The largest absolute Gasteiger partial charge is 0.401 e. The standard InChI is InChI=1S/C15H30N6O2/c1-11(2)14(16)8-20(17)10-23-15(5,6)22-9-13-7-21(12(3)4)19-18-13/h7-8,11-12H,9-10,16-17H2,1-6H3/b14-8-. The minimum atomic E-state index is -0.806. The van der Waals surface area contributed by atoms with E-state index < -0.39 is 5.79 Å². The number of aromatic nitrogens is 3. The highest BCUT2D eigenvalue weighted by Crippen LogP contribution is 2.15. The second-order valence-electron chi connectivity index (χ2n) is 6.54. The predicted molar refractivity (Wildman–Crippen MR) is 88.4 cm³/mol. The van der Waals surface area contributed by atoms with E-state index in [2.05, 4.69) is 10.3 Å². The van der Waals surface area contributed by atoms with Crippen LogP contribution in [0.1, 0.15) is 53.3 Å². The SMILES string of the molecule is CC(C)/C(N)=C/N(N)COC(C)(C)OCc1cn(C(C)C)nn1. The van der Waals surface area contributed by atoms with Crippen LogP contribution >= 0.6 is 0 Å². The molecule has 8 nitrogen and oxygen atoms in total. The Morgan fingerprint density at radius 1 is 1.35 bits per heavy atom. The number of hydrogen-bond acceptors (Lipinski definition) is 7. The number of nitrogens with zero attached hydrogens (tertiary/aromatic N) is 4. The van der Waals surface area contributed by atoms with Gasteiger partial charge in [0.2, 0.25) is 0 Å². The van der Waals surface area contributed by atoms with Crippen molar-refractivity contribution in [1.82, 2.24) is 20.0 Å². The molecule has 1 aromatic rings. The van der Waals surface area contributed by atoms with Gasteiger partial charge in [-0.2, -0.15) is 0 Å². The van der Waals surface area contributed by atoms with Gasteiger partial charge in [-0.3, -0.25) is 5.01 Å². The third-order valence-electron chi connectivity index (χ3n) is 3.20. The Labute approximate surface area is 138 Å². The minimum Gasteiger partial charge on any atom is -0.401 e. The van der Waals surface area contributed by atoms with Crippen LogP contribution < -0.4 is 11.6 Å². The van der Waals surface area contributed by atoms with Gasteiger partial charge >= 0.3 is 0 Å². The van der Waals surface area contributed by atoms with Crippen LogP contribution in [0.15, 0.2) is 18.1 Å². The lowest BCUT2D eigenvalue weighted by Crippen LogP contribution is -2.37. The molecule has 0 bridgehead atoms. The quantitative estimate of drug-likeness (QED) is 0.404. The van der Waals surface area contributed by atoms with Crippen LogP contribution in [0.2, 0.25) is 0 Å². The molecule has 0 saturated carbocycles. The second kappa shape index (κ2) is 8.28. The summed E-state index contributed by atoms with van der Waals surface area (Å²) in [5.41, 5.74) is 7.30. The van der Waals surface area contributed by atoms with Crippen LogP contribution in [0, 0.1) is 5.92 Å². The first-order valence-corrected chi connectivity index (χ1v) is 7.78. The Morgan fingerprint density at radius 3 is 2.52 bits per heavy atom. The molecule has 4 N–H and O–H groups in total. The van der Waals surface area contributed by atoms with E-state index in [1.165, 1.54) is 5.01 Å². The van der Waals surface area contributed by atoms with Crippen molar-refractivity contribution in [2.45, 2.75) is 60.0 Å². The van der Waals surface area contributed by atoms with Gasteiger partial charge in [0.25, 0.3) is 0 Å². The van der Waals surface area contributed by atoms with Crippen molar-refractivity contribution in [2.24, 2.45) is 17.5 Å². The van der Waals surface area contributed by atoms with E-state index in [9.17, 15) is 0 Å². The summed E-state index contributed by atoms with van der Waals surface area (Å²) in [5, 5.41) is 9.50. The van der Waals surface area contributed by atoms with Crippen molar-refractivity contribution in [3.8, 4) is 0 Å². The number of hydrogen-bond donors (Lipinski definition) is 2. The summed E-state index contributed by atoms with van der Waals surface area (Å²) in [6, 6.07) is 0.268. The Kier molecular flexibility index (Phi) is 6.99. The van der Waals surface area contributed by atoms with Crippen LogP contribution in [0.5, 0.6) is 0 Å². The Bertz CT molecular complexity index is 510. The second-order valence-corrected chi connectivity index (χ2v) is 6.54. The summed E-state index contributed by atoms with van der Waals surface area (Å²) in [4.78, 5) is 0. The van der Waals surface area contributed by atoms with Crippen molar-refractivity contribution < 1.29 is 9.47 Å². The zero-order valence-corrected chi connectivity index (χ0v) is 15.0. The molecular formula is C15H30N6O2. The molecule has 8 heteroatoms. The van der Waals surface area contributed by atoms with Crippen molar-refractivity contribution in [3.05, 3.63) is 23.8 Å². The molecule has 1 heterocycles. The summed E-state index contributed by atoms with van der Waals surface area (Å²) in [5.74, 6) is 5.26. The third kappa shape index (κ3) is 6.98. The van der Waals surface area contributed by atoms with Crippen molar-refractivity contribution in [2.75, 3.05) is 6.73 Å². The van der Waals surface area contributed by atoms with Gasteiger partial charge in [0.05, 0.1) is 12.8 Å². The van der Waals surface area contributed by atoms with Crippen LogP contribution in [-0.2, 0) is 16.1 Å². The smallest absolute Gasteiger partial charge is 0.165 e. The van der Waals surface area contributed by atoms with Gasteiger partial charge in [-0.15, -0.1) is 5.10 Å². The third-order valence-corrected chi connectivity index (χ3v) is 3.20. The maximum absolute atomic E-state index is 5.85. The Balaban J connectivity index is 2.44. The van der Waals surface area contributed by atoms with Gasteiger partial charge in [-0.05, 0) is 33.6 Å². The van der Waals surface area contributed by atoms with Crippen LogP contribution in [0.4, 0.5) is 0 Å². The summed E-state index contributed by atoms with van der Waals surface area (Å²) in [6.07, 6.45) is 3.52. The molecule has 0 saturated heterocycles. The van der Waals surface area contributed by atoms with E-state index in [4.69, 9.17) is 21.1 Å². The molecule has 0 fully saturated rings. The van der Waals surface area contributed by atoms with E-state index in [1.807, 2.05) is 47.7 Å². The number of rotatable bonds is 9. The van der Waals surface area contributed by atoms with Crippen molar-refractivity contribution in [1.29, 1.82) is 0 Å². The maximum atomic E-state index is 5.85. The van der Waals surface area contributed by atoms with Crippen LogP contribution in [0.25, 0.3) is 0 Å². The van der Waals surface area contributed by atoms with Crippen LogP contribution in [0.3, 0.4) is 0 Å². The van der Waals surface area contributed by atoms with Gasteiger partial charge < -0.3 is 15.2 Å². The molecule has 0 unspecified atom stereocenters. The molecule has 0 radical (unpaired) electrons. The fourth-order valence-corrected chi connectivity index (χ4v) is 1.53. The lowest BCUT2D eigenvalue weighted by molar-refractivity contribution is -0.235. The highest BCUT2D eigenvalue weighted by molar-refractivity contribution is 4.97. The number of nitrogens with two attached hydrogens (primary N) is 2. The van der Waals surface area contributed by atoms with E-state index in [-0.39, 0.29) is 18.7 Å². The maximum Gasteiger partial charge on any atom is 0.165 e. The summed E-state index contributed by atoms with van der Waals surface area (Å²) < 4.78 is 13.2. The topological polar surface area (TPSA) is 104 Å². The lowest BCUT2D eigenvalue weighted by atomic mass is 10.2. The molecule has 0 aliphatic carbocycles. The summed E-state index contributed by atoms with van der Waals surface area (Å²) in [7, 11) is 0. The van der Waals surface area contributed by atoms with Gasteiger partial charge in [0.1, 0.15) is 12.4 Å². The number of ether oxygens (including phenoxy) is 2. The van der Waals surface area contributed by atoms with Gasteiger partial charge in [0.15, 0.2) is 5.79 Å². The molecular weight excluding hydrogens is 296 g/mol. The first kappa shape index (κ1) is 19.4. The molecule has 0 aliphatic rings. The fraction of sp³-hybridized carbons (Fsp3) is 0.733. The monoisotopic (exact) mass is 326 g/mol. The van der Waals surface area contributed by atoms with E-state index in [0.717, 1.165) is 5.69 Å². The molecule has 0 atom stereocenters. The average Bonchev–Trinajstić information content (AvgIpc) is 2.92. The summed E-state index contributed by atoms with van der Waals surface area (Å²) in [6.45, 7) is 12.2. The van der Waals surface area contributed by atoms with Crippen LogP contribution in [-0.4, -0.2) is 32.5 Å². The zero-order chi connectivity index (χ0) is 17.6. The molecule has 1 aromatic heterocycles. The Hall–Kier alpha value is -1.64. The van der Waals surface area contributed by atoms with E-state index in [0.29, 0.717) is 12.3 Å². The van der Waals surface area contributed by atoms with Crippen molar-refractivity contribution in [3.63, 3.8) is 0 Å². The van der Waals surface area contributed by atoms with Gasteiger partial charge in [-0.1, -0.05) is 19.1 Å². The molecule has 0 spiro atoms. The number of hydrazine groups is 1. The van der Waals surface area contributed by atoms with Gasteiger partial charge in [0, 0.05) is 17.9 Å². The molecule has 0 aliphatic heterocycles. The minimum absolute atomic E-state index is 0.166. The van der Waals surface area contributed by atoms with Crippen molar-refractivity contribution >= 4 is 0 Å². The fourth-order valence-electron chi connectivity index (χ4n) is 1.53. The molecule has 1 rings (SSSR count). The summed E-state index contributed by atoms with van der Waals surface area (Å²) >= 11 is 0. The van der Waals surface area contributed by atoms with Gasteiger partial charge in [-0.25, -0.2) is 10.5 Å².